The number of amides is 1. The zero-order chi connectivity index (χ0) is 18.5. The summed E-state index contributed by atoms with van der Waals surface area (Å²) in [4.78, 5) is 25.3. The normalized spacial score (nSPS) is 14.5. The Morgan fingerprint density at radius 1 is 1.23 bits per heavy atom. The van der Waals surface area contributed by atoms with E-state index in [1.54, 1.807) is 30.8 Å². The summed E-state index contributed by atoms with van der Waals surface area (Å²) < 4.78 is 5.29. The molecular weight excluding hydrogens is 370 g/mol. The van der Waals surface area contributed by atoms with E-state index in [0.717, 1.165) is 29.1 Å². The number of thioether (sulfide) groups is 1. The average molecular weight is 390 g/mol. The molecule has 1 N–H and O–H groups in total. The van der Waals surface area contributed by atoms with Crippen LogP contribution in [0.1, 0.15) is 35.7 Å². The number of rotatable bonds is 7. The van der Waals surface area contributed by atoms with Crippen LogP contribution in [0, 0.1) is 0 Å². The molecule has 1 aliphatic carbocycles. The van der Waals surface area contributed by atoms with Crippen molar-refractivity contribution < 1.29 is 14.3 Å². The molecule has 1 saturated carbocycles. The predicted molar refractivity (Wildman–Crippen MR) is 103 cm³/mol. The van der Waals surface area contributed by atoms with E-state index in [9.17, 15) is 9.59 Å². The predicted octanol–water partition coefficient (Wildman–Crippen LogP) is 4.46. The summed E-state index contributed by atoms with van der Waals surface area (Å²) in [6.07, 6.45) is 1.20. The lowest BCUT2D eigenvalue weighted by atomic mass is 10.1. The first-order chi connectivity index (χ1) is 12.5. The molecule has 0 aromatic heterocycles. The molecule has 26 heavy (non-hydrogen) atoms. The first kappa shape index (κ1) is 18.8. The maximum absolute atomic E-state index is 12.3. The maximum atomic E-state index is 12.3. The van der Waals surface area contributed by atoms with E-state index < -0.39 is 12.1 Å². The van der Waals surface area contributed by atoms with Crippen LogP contribution in [-0.2, 0) is 15.3 Å². The second-order valence-corrected chi connectivity index (χ2v) is 7.76. The molecule has 0 aliphatic heterocycles. The van der Waals surface area contributed by atoms with E-state index >= 15 is 0 Å². The third-order valence-corrected chi connectivity index (χ3v) is 5.29. The van der Waals surface area contributed by atoms with Crippen molar-refractivity contribution in [2.75, 3.05) is 0 Å². The van der Waals surface area contributed by atoms with Gasteiger partial charge in [-0.25, -0.2) is 4.79 Å². The van der Waals surface area contributed by atoms with E-state index in [1.165, 1.54) is 0 Å². The Morgan fingerprint density at radius 3 is 2.65 bits per heavy atom. The third kappa shape index (κ3) is 5.51. The second kappa shape index (κ2) is 8.60. The highest BCUT2D eigenvalue weighted by molar-refractivity contribution is 7.98. The molecule has 0 spiro atoms. The Labute approximate surface area is 162 Å². The molecule has 1 aliphatic rings. The highest BCUT2D eigenvalue weighted by Gasteiger charge is 2.27. The van der Waals surface area contributed by atoms with Crippen molar-refractivity contribution in [3.63, 3.8) is 0 Å². The molecule has 136 valence electrons. The molecule has 0 heterocycles. The van der Waals surface area contributed by atoms with Crippen molar-refractivity contribution in [1.29, 1.82) is 0 Å². The summed E-state index contributed by atoms with van der Waals surface area (Å²) in [6, 6.07) is 15.2. The number of ether oxygens (including phenoxy) is 1. The van der Waals surface area contributed by atoms with Crippen molar-refractivity contribution in [2.45, 2.75) is 42.6 Å². The summed E-state index contributed by atoms with van der Waals surface area (Å²) in [5.41, 5.74) is 1.46. The van der Waals surface area contributed by atoms with Crippen LogP contribution < -0.4 is 5.32 Å². The Balaban J connectivity index is 1.56. The van der Waals surface area contributed by atoms with Crippen LogP contribution in [0.3, 0.4) is 0 Å². The lowest BCUT2D eigenvalue weighted by Crippen LogP contribution is -2.37. The zero-order valence-corrected chi connectivity index (χ0v) is 16.0. The van der Waals surface area contributed by atoms with Crippen LogP contribution in [0.2, 0.25) is 5.02 Å². The fourth-order valence-electron chi connectivity index (χ4n) is 2.31. The molecule has 2 aromatic rings. The summed E-state index contributed by atoms with van der Waals surface area (Å²) in [5, 5.41) is 3.54. The molecule has 1 fully saturated rings. The van der Waals surface area contributed by atoms with Gasteiger partial charge in [-0.05, 0) is 61.7 Å². The fraction of sp³-hybridized carbons (Fsp3) is 0.300. The molecule has 0 radical (unpaired) electrons. The SMILES string of the molecule is C[C@H](OC(=O)c1cccc(CSc2ccc(Cl)cc2)c1)C(=O)NC1CC1. The molecule has 2 aromatic carbocycles. The van der Waals surface area contributed by atoms with Crippen molar-refractivity contribution in [3.8, 4) is 0 Å². The third-order valence-electron chi connectivity index (χ3n) is 3.96. The first-order valence-corrected chi connectivity index (χ1v) is 9.86. The quantitative estimate of drug-likeness (QED) is 0.561. The largest absolute Gasteiger partial charge is 0.449 e. The smallest absolute Gasteiger partial charge is 0.338 e. The van der Waals surface area contributed by atoms with E-state index in [2.05, 4.69) is 5.32 Å². The van der Waals surface area contributed by atoms with Gasteiger partial charge in [-0.2, -0.15) is 0 Å². The summed E-state index contributed by atoms with van der Waals surface area (Å²) >= 11 is 7.55. The number of halogens is 1. The minimum Gasteiger partial charge on any atom is -0.449 e. The van der Waals surface area contributed by atoms with Gasteiger partial charge in [-0.1, -0.05) is 23.7 Å². The van der Waals surface area contributed by atoms with Gasteiger partial charge in [0.1, 0.15) is 0 Å². The maximum Gasteiger partial charge on any atom is 0.338 e. The fourth-order valence-corrected chi connectivity index (χ4v) is 3.28. The van der Waals surface area contributed by atoms with Gasteiger partial charge in [0, 0.05) is 21.7 Å². The van der Waals surface area contributed by atoms with Gasteiger partial charge >= 0.3 is 5.97 Å². The van der Waals surface area contributed by atoms with Gasteiger partial charge in [-0.3, -0.25) is 4.79 Å². The van der Waals surface area contributed by atoms with E-state index in [-0.39, 0.29) is 11.9 Å². The number of benzene rings is 2. The Bertz CT molecular complexity index is 790. The van der Waals surface area contributed by atoms with Crippen LogP contribution in [-0.4, -0.2) is 24.0 Å². The molecule has 6 heteroatoms. The minimum atomic E-state index is -0.796. The number of nitrogens with one attached hydrogen (secondary N) is 1. The number of hydrogen-bond acceptors (Lipinski definition) is 4. The lowest BCUT2D eigenvalue weighted by Gasteiger charge is -2.13. The summed E-state index contributed by atoms with van der Waals surface area (Å²) in [7, 11) is 0. The van der Waals surface area contributed by atoms with Crippen molar-refractivity contribution >= 4 is 35.2 Å². The molecule has 1 atom stereocenters. The van der Waals surface area contributed by atoms with E-state index in [0.29, 0.717) is 10.6 Å². The lowest BCUT2D eigenvalue weighted by molar-refractivity contribution is -0.129. The monoisotopic (exact) mass is 389 g/mol. The van der Waals surface area contributed by atoms with Gasteiger partial charge < -0.3 is 10.1 Å². The topological polar surface area (TPSA) is 55.4 Å². The highest BCUT2D eigenvalue weighted by Crippen LogP contribution is 2.25. The molecule has 1 amide bonds. The summed E-state index contributed by atoms with van der Waals surface area (Å²) in [5.74, 6) is -0.00223. The number of carbonyl (C=O) groups excluding carboxylic acids is 2. The summed E-state index contributed by atoms with van der Waals surface area (Å²) in [6.45, 7) is 1.59. The Hall–Kier alpha value is -1.98. The van der Waals surface area contributed by atoms with E-state index in [4.69, 9.17) is 16.3 Å². The first-order valence-electron chi connectivity index (χ1n) is 8.50. The van der Waals surface area contributed by atoms with Crippen LogP contribution in [0.15, 0.2) is 53.4 Å². The molecular formula is C20H20ClNO3S. The highest BCUT2D eigenvalue weighted by atomic mass is 35.5. The van der Waals surface area contributed by atoms with Crippen molar-refractivity contribution in [2.24, 2.45) is 0 Å². The van der Waals surface area contributed by atoms with Crippen molar-refractivity contribution in [1.82, 2.24) is 5.32 Å². The van der Waals surface area contributed by atoms with Crippen LogP contribution in [0.5, 0.6) is 0 Å². The average Bonchev–Trinajstić information content (AvgIpc) is 3.45. The number of carbonyl (C=O) groups is 2. The standard InChI is InChI=1S/C20H20ClNO3S/c1-13(19(23)22-17-7-8-17)25-20(24)15-4-2-3-14(11-15)12-26-18-9-5-16(21)6-10-18/h2-6,9-11,13,17H,7-8,12H2,1H3,(H,22,23)/t13-/m0/s1. The van der Waals surface area contributed by atoms with Gasteiger partial charge in [0.2, 0.25) is 0 Å². The van der Waals surface area contributed by atoms with Gasteiger partial charge in [0.05, 0.1) is 5.56 Å². The van der Waals surface area contributed by atoms with Crippen LogP contribution in [0.25, 0.3) is 0 Å². The van der Waals surface area contributed by atoms with Gasteiger partial charge in [0.15, 0.2) is 6.10 Å². The Kier molecular flexibility index (Phi) is 6.22. The second-order valence-electron chi connectivity index (χ2n) is 6.27. The van der Waals surface area contributed by atoms with Crippen molar-refractivity contribution in [3.05, 3.63) is 64.7 Å². The van der Waals surface area contributed by atoms with E-state index in [1.807, 2.05) is 36.4 Å². The van der Waals surface area contributed by atoms with Gasteiger partial charge in [0.25, 0.3) is 5.91 Å². The molecule has 0 saturated heterocycles. The molecule has 4 nitrogen and oxygen atoms in total. The molecule has 0 unspecified atom stereocenters. The van der Waals surface area contributed by atoms with Crippen LogP contribution >= 0.6 is 23.4 Å². The minimum absolute atomic E-state index is 0.240. The Morgan fingerprint density at radius 2 is 1.96 bits per heavy atom. The molecule has 0 bridgehead atoms. The molecule has 3 rings (SSSR count). The zero-order valence-electron chi connectivity index (χ0n) is 14.4. The number of esters is 1. The van der Waals surface area contributed by atoms with Gasteiger partial charge in [-0.15, -0.1) is 11.8 Å². The number of hydrogen-bond donors (Lipinski definition) is 1. The van der Waals surface area contributed by atoms with Crippen LogP contribution in [0.4, 0.5) is 0 Å².